The smallest absolute Gasteiger partial charge is 0.241 e. The Morgan fingerprint density at radius 1 is 1.00 bits per heavy atom. The Labute approximate surface area is 141 Å². The summed E-state index contributed by atoms with van der Waals surface area (Å²) in [5.74, 6) is 0.282. The van der Waals surface area contributed by atoms with Gasteiger partial charge >= 0.3 is 0 Å². The first kappa shape index (κ1) is 17.5. The van der Waals surface area contributed by atoms with E-state index in [1.54, 1.807) is 36.4 Å². The van der Waals surface area contributed by atoms with Crippen LogP contribution in [0.25, 0.3) is 0 Å². The van der Waals surface area contributed by atoms with Crippen LogP contribution in [0.3, 0.4) is 0 Å². The number of ether oxygens (including phenoxy) is 1. The van der Waals surface area contributed by atoms with Crippen molar-refractivity contribution in [3.8, 4) is 5.75 Å². The molecule has 0 bridgehead atoms. The number of hydrogen-bond donors (Lipinski definition) is 3. The first-order valence-corrected chi connectivity index (χ1v) is 7.66. The normalized spacial score (nSPS) is 11.4. The van der Waals surface area contributed by atoms with E-state index in [-0.39, 0.29) is 11.8 Å². The van der Waals surface area contributed by atoms with Crippen molar-refractivity contribution >= 4 is 23.2 Å². The van der Waals surface area contributed by atoms with Crippen LogP contribution in [0.4, 0.5) is 11.4 Å². The molecule has 2 aromatic carbocycles. The van der Waals surface area contributed by atoms with Crippen molar-refractivity contribution in [3.05, 3.63) is 54.6 Å². The number of carbonyl (C=O) groups is 2. The third-order valence-corrected chi connectivity index (χ3v) is 3.25. The van der Waals surface area contributed by atoms with Crippen LogP contribution in [-0.4, -0.2) is 24.5 Å². The minimum absolute atomic E-state index is 0.126. The second-order valence-corrected chi connectivity index (χ2v) is 5.30. The third-order valence-electron chi connectivity index (χ3n) is 3.25. The summed E-state index contributed by atoms with van der Waals surface area (Å²) in [6.45, 7) is 1.77. The van der Waals surface area contributed by atoms with Gasteiger partial charge in [-0.2, -0.15) is 0 Å². The van der Waals surface area contributed by atoms with E-state index >= 15 is 0 Å². The van der Waals surface area contributed by atoms with E-state index in [1.807, 2.05) is 18.2 Å². The average molecular weight is 327 g/mol. The van der Waals surface area contributed by atoms with Crippen LogP contribution in [0.2, 0.25) is 0 Å². The van der Waals surface area contributed by atoms with Gasteiger partial charge in [-0.3, -0.25) is 9.59 Å². The maximum Gasteiger partial charge on any atom is 0.241 e. The molecule has 0 aliphatic rings. The third kappa shape index (κ3) is 5.73. The number of nitrogens with two attached hydrogens (primary N) is 1. The van der Waals surface area contributed by atoms with E-state index in [2.05, 4.69) is 10.6 Å². The largest absolute Gasteiger partial charge is 0.494 e. The SMILES string of the molecule is CC(=O)Nc1ccc(OCCC(N)C(=O)Nc2ccccc2)cc1. The molecule has 0 aromatic heterocycles. The van der Waals surface area contributed by atoms with Crippen LogP contribution < -0.4 is 21.1 Å². The molecule has 6 heteroatoms. The Kier molecular flexibility index (Phi) is 6.33. The number of nitrogens with one attached hydrogen (secondary N) is 2. The molecule has 0 fully saturated rings. The molecule has 0 heterocycles. The highest BCUT2D eigenvalue weighted by molar-refractivity contribution is 5.94. The lowest BCUT2D eigenvalue weighted by Crippen LogP contribution is -2.36. The molecule has 4 N–H and O–H groups in total. The summed E-state index contributed by atoms with van der Waals surface area (Å²) in [6, 6.07) is 15.5. The Hall–Kier alpha value is -2.86. The van der Waals surface area contributed by atoms with E-state index in [0.717, 1.165) is 0 Å². The van der Waals surface area contributed by atoms with Crippen molar-refractivity contribution in [2.75, 3.05) is 17.2 Å². The van der Waals surface area contributed by atoms with Gasteiger partial charge in [-0.15, -0.1) is 0 Å². The second-order valence-electron chi connectivity index (χ2n) is 5.30. The Morgan fingerprint density at radius 3 is 2.25 bits per heavy atom. The van der Waals surface area contributed by atoms with Crippen LogP contribution in [0.1, 0.15) is 13.3 Å². The highest BCUT2D eigenvalue weighted by Crippen LogP contribution is 2.16. The summed E-state index contributed by atoms with van der Waals surface area (Å²) in [5, 5.41) is 5.43. The van der Waals surface area contributed by atoms with Crippen LogP contribution >= 0.6 is 0 Å². The number of amides is 2. The fourth-order valence-electron chi connectivity index (χ4n) is 2.03. The number of benzene rings is 2. The summed E-state index contributed by atoms with van der Waals surface area (Å²) >= 11 is 0. The molecule has 6 nitrogen and oxygen atoms in total. The minimum Gasteiger partial charge on any atom is -0.494 e. The number of para-hydroxylation sites is 1. The lowest BCUT2D eigenvalue weighted by molar-refractivity contribution is -0.117. The number of carbonyl (C=O) groups excluding carboxylic acids is 2. The first-order valence-electron chi connectivity index (χ1n) is 7.66. The highest BCUT2D eigenvalue weighted by Gasteiger charge is 2.13. The molecule has 0 saturated heterocycles. The van der Waals surface area contributed by atoms with Gasteiger partial charge in [-0.1, -0.05) is 18.2 Å². The standard InChI is InChI=1S/C18H21N3O3/c1-13(22)20-15-7-9-16(10-8-15)24-12-11-17(19)18(23)21-14-5-3-2-4-6-14/h2-10,17H,11-12,19H2,1H3,(H,20,22)(H,21,23). The lowest BCUT2D eigenvalue weighted by Gasteiger charge is -2.13. The van der Waals surface area contributed by atoms with Gasteiger partial charge in [0.2, 0.25) is 11.8 Å². The topological polar surface area (TPSA) is 93.4 Å². The maximum atomic E-state index is 12.0. The zero-order chi connectivity index (χ0) is 17.4. The fraction of sp³-hybridized carbons (Fsp3) is 0.222. The molecular formula is C18H21N3O3. The zero-order valence-electron chi connectivity index (χ0n) is 13.5. The van der Waals surface area contributed by atoms with E-state index in [1.165, 1.54) is 6.92 Å². The van der Waals surface area contributed by atoms with E-state index in [9.17, 15) is 9.59 Å². The number of anilines is 2. The van der Waals surface area contributed by atoms with Crippen LogP contribution in [0.5, 0.6) is 5.75 Å². The summed E-state index contributed by atoms with van der Waals surface area (Å²) < 4.78 is 5.56. The molecular weight excluding hydrogens is 306 g/mol. The summed E-state index contributed by atoms with van der Waals surface area (Å²) in [6.07, 6.45) is 0.395. The molecule has 2 rings (SSSR count). The summed E-state index contributed by atoms with van der Waals surface area (Å²) in [5.41, 5.74) is 7.29. The van der Waals surface area contributed by atoms with Crippen molar-refractivity contribution in [1.29, 1.82) is 0 Å². The molecule has 0 aliphatic heterocycles. The molecule has 1 atom stereocenters. The number of rotatable bonds is 7. The zero-order valence-corrected chi connectivity index (χ0v) is 13.5. The van der Waals surface area contributed by atoms with Crippen molar-refractivity contribution < 1.29 is 14.3 Å². The molecule has 24 heavy (non-hydrogen) atoms. The molecule has 0 spiro atoms. The molecule has 0 radical (unpaired) electrons. The molecule has 1 unspecified atom stereocenters. The second kappa shape index (κ2) is 8.69. The first-order chi connectivity index (χ1) is 11.5. The van der Waals surface area contributed by atoms with Crippen LogP contribution in [-0.2, 0) is 9.59 Å². The Bertz CT molecular complexity index is 672. The summed E-state index contributed by atoms with van der Waals surface area (Å²) in [7, 11) is 0. The Balaban J connectivity index is 1.74. The van der Waals surface area contributed by atoms with Crippen LogP contribution in [0, 0.1) is 0 Å². The summed E-state index contributed by atoms with van der Waals surface area (Å²) in [4.78, 5) is 22.9. The number of hydrogen-bond acceptors (Lipinski definition) is 4. The maximum absolute atomic E-state index is 12.0. The van der Waals surface area contributed by atoms with Gasteiger partial charge in [0.1, 0.15) is 5.75 Å². The van der Waals surface area contributed by atoms with Gasteiger partial charge < -0.3 is 21.1 Å². The van der Waals surface area contributed by atoms with E-state index in [0.29, 0.717) is 30.2 Å². The molecule has 0 aliphatic carbocycles. The van der Waals surface area contributed by atoms with Crippen LogP contribution in [0.15, 0.2) is 54.6 Å². The Morgan fingerprint density at radius 2 is 1.62 bits per heavy atom. The fourth-order valence-corrected chi connectivity index (χ4v) is 2.03. The molecule has 2 amide bonds. The van der Waals surface area contributed by atoms with Gasteiger partial charge in [0.05, 0.1) is 12.6 Å². The van der Waals surface area contributed by atoms with Gasteiger partial charge in [0.15, 0.2) is 0 Å². The highest BCUT2D eigenvalue weighted by atomic mass is 16.5. The van der Waals surface area contributed by atoms with Gasteiger partial charge in [0.25, 0.3) is 0 Å². The quantitative estimate of drug-likeness (QED) is 0.728. The molecule has 0 saturated carbocycles. The van der Waals surface area contributed by atoms with Crippen molar-refractivity contribution in [2.24, 2.45) is 5.73 Å². The average Bonchev–Trinajstić information content (AvgIpc) is 2.56. The van der Waals surface area contributed by atoms with Crippen molar-refractivity contribution in [2.45, 2.75) is 19.4 Å². The van der Waals surface area contributed by atoms with Gasteiger partial charge in [-0.25, -0.2) is 0 Å². The molecule has 2 aromatic rings. The van der Waals surface area contributed by atoms with E-state index < -0.39 is 6.04 Å². The molecule has 126 valence electrons. The monoisotopic (exact) mass is 327 g/mol. The van der Waals surface area contributed by atoms with Crippen molar-refractivity contribution in [1.82, 2.24) is 0 Å². The predicted octanol–water partition coefficient (Wildman–Crippen LogP) is 2.38. The van der Waals surface area contributed by atoms with Crippen molar-refractivity contribution in [3.63, 3.8) is 0 Å². The predicted molar refractivity (Wildman–Crippen MR) is 93.9 cm³/mol. The van der Waals surface area contributed by atoms with Gasteiger partial charge in [0, 0.05) is 24.7 Å². The van der Waals surface area contributed by atoms with Gasteiger partial charge in [-0.05, 0) is 36.4 Å². The lowest BCUT2D eigenvalue weighted by atomic mass is 10.2. The van der Waals surface area contributed by atoms with E-state index in [4.69, 9.17) is 10.5 Å². The minimum atomic E-state index is -0.649.